The van der Waals surface area contributed by atoms with Gasteiger partial charge >= 0.3 is 0 Å². The maximum absolute atomic E-state index is 13.0. The van der Waals surface area contributed by atoms with Gasteiger partial charge in [0, 0.05) is 18.0 Å². The Morgan fingerprint density at radius 3 is 2.54 bits per heavy atom. The van der Waals surface area contributed by atoms with E-state index in [-0.39, 0.29) is 4.90 Å². The van der Waals surface area contributed by atoms with Crippen LogP contribution in [0.15, 0.2) is 53.8 Å². The van der Waals surface area contributed by atoms with Crippen LogP contribution in [-0.4, -0.2) is 22.2 Å². The van der Waals surface area contributed by atoms with Crippen molar-refractivity contribution in [3.05, 3.63) is 59.5 Å². The van der Waals surface area contributed by atoms with E-state index in [1.807, 2.05) is 17.8 Å². The van der Waals surface area contributed by atoms with Gasteiger partial charge in [-0.1, -0.05) is 29.3 Å². The molecule has 24 heavy (non-hydrogen) atoms. The molecule has 2 aromatic heterocycles. The second-order valence-electron chi connectivity index (χ2n) is 6.10. The Kier molecular flexibility index (Phi) is 3.54. The summed E-state index contributed by atoms with van der Waals surface area (Å²) in [6.45, 7) is 1.92. The topological polar surface area (TPSA) is 56.9 Å². The monoisotopic (exact) mass is 361 g/mol. The minimum absolute atomic E-state index is 0.233. The lowest BCUT2D eigenvalue weighted by Gasteiger charge is -2.09. The zero-order chi connectivity index (χ0) is 16.9. The van der Waals surface area contributed by atoms with Crippen LogP contribution in [0.5, 0.6) is 0 Å². The van der Waals surface area contributed by atoms with Crippen LogP contribution < -0.4 is 0 Å². The van der Waals surface area contributed by atoms with Crippen molar-refractivity contribution < 1.29 is 8.42 Å². The maximum atomic E-state index is 13.0. The number of halogens is 1. The van der Waals surface area contributed by atoms with E-state index in [2.05, 4.69) is 5.10 Å². The van der Waals surface area contributed by atoms with Crippen molar-refractivity contribution in [2.75, 3.05) is 0 Å². The molecule has 0 saturated heterocycles. The average molecular weight is 362 g/mol. The fourth-order valence-corrected chi connectivity index (χ4v) is 4.29. The van der Waals surface area contributed by atoms with Gasteiger partial charge in [0.25, 0.3) is 10.0 Å². The smallest absolute Gasteiger partial charge is 0.268 e. The number of aryl methyl sites for hydroxylation is 1. The number of hydrogen-bond donors (Lipinski definition) is 0. The van der Waals surface area contributed by atoms with E-state index >= 15 is 0 Å². The molecule has 2 heterocycles. The lowest BCUT2D eigenvalue weighted by atomic mass is 10.2. The van der Waals surface area contributed by atoms with Crippen LogP contribution in [0.3, 0.4) is 0 Å². The summed E-state index contributed by atoms with van der Waals surface area (Å²) < 4.78 is 29.1. The zero-order valence-electron chi connectivity index (χ0n) is 13.1. The minimum Gasteiger partial charge on any atom is -0.269 e. The molecule has 0 aliphatic heterocycles. The second-order valence-corrected chi connectivity index (χ2v) is 8.35. The number of nitrogens with zero attached hydrogens (tertiary/aromatic N) is 3. The highest BCUT2D eigenvalue weighted by atomic mass is 35.5. The van der Waals surface area contributed by atoms with Gasteiger partial charge in [-0.15, -0.1) is 0 Å². The molecule has 0 N–H and O–H groups in total. The molecule has 0 spiro atoms. The van der Waals surface area contributed by atoms with Gasteiger partial charge in [0.2, 0.25) is 0 Å². The molecule has 1 aliphatic carbocycles. The second kappa shape index (κ2) is 5.50. The summed E-state index contributed by atoms with van der Waals surface area (Å²) in [6, 6.07) is 8.87. The van der Waals surface area contributed by atoms with E-state index in [0.29, 0.717) is 16.8 Å². The maximum Gasteiger partial charge on any atom is 0.268 e. The van der Waals surface area contributed by atoms with E-state index in [1.165, 1.54) is 10.2 Å². The van der Waals surface area contributed by atoms with Gasteiger partial charge in [0.1, 0.15) is 0 Å². The van der Waals surface area contributed by atoms with Crippen molar-refractivity contribution in [2.45, 2.75) is 30.7 Å². The first-order valence-electron chi connectivity index (χ1n) is 7.70. The van der Waals surface area contributed by atoms with Crippen LogP contribution in [-0.2, 0) is 10.0 Å². The third-order valence-corrected chi connectivity index (χ3v) is 6.04. The molecule has 0 radical (unpaired) electrons. The molecule has 0 unspecified atom stereocenters. The van der Waals surface area contributed by atoms with Crippen LogP contribution in [0.4, 0.5) is 0 Å². The van der Waals surface area contributed by atoms with Crippen molar-refractivity contribution in [1.82, 2.24) is 13.8 Å². The lowest BCUT2D eigenvalue weighted by Crippen LogP contribution is -2.13. The highest BCUT2D eigenvalue weighted by Gasteiger charge is 2.26. The minimum atomic E-state index is -3.71. The third kappa shape index (κ3) is 2.65. The lowest BCUT2D eigenvalue weighted by molar-refractivity contribution is 0.588. The fraction of sp³-hybridized carbons (Fsp3) is 0.235. The van der Waals surface area contributed by atoms with Crippen molar-refractivity contribution in [2.24, 2.45) is 0 Å². The molecule has 0 bridgehead atoms. The quantitative estimate of drug-likeness (QED) is 0.708. The Balaban J connectivity index is 1.81. The summed E-state index contributed by atoms with van der Waals surface area (Å²) in [7, 11) is -3.71. The Morgan fingerprint density at radius 2 is 1.88 bits per heavy atom. The Morgan fingerprint density at radius 1 is 1.17 bits per heavy atom. The molecular formula is C17H16ClN3O2S. The number of aromatic nitrogens is 3. The summed E-state index contributed by atoms with van der Waals surface area (Å²) in [4.78, 5) is 0.233. The largest absolute Gasteiger partial charge is 0.269 e. The van der Waals surface area contributed by atoms with Gasteiger partial charge < -0.3 is 0 Å². The number of benzene rings is 1. The molecule has 5 nitrogen and oxygen atoms in total. The molecule has 3 aromatic rings. The summed E-state index contributed by atoms with van der Waals surface area (Å²) in [5.74, 6) is 0. The molecular weight excluding hydrogens is 346 g/mol. The molecule has 1 fully saturated rings. The zero-order valence-corrected chi connectivity index (χ0v) is 14.6. The van der Waals surface area contributed by atoms with Gasteiger partial charge in [-0.3, -0.25) is 4.68 Å². The fourth-order valence-electron chi connectivity index (χ4n) is 2.66. The van der Waals surface area contributed by atoms with Crippen LogP contribution in [0, 0.1) is 6.92 Å². The standard InChI is InChI=1S/C17H16ClN3O2S/c1-12-2-6-16(7-3-12)24(22,23)21-11-14(18)8-17(21)13-9-19-20(10-13)15-4-5-15/h2-3,6-11,15H,4-5H2,1H3. The Labute approximate surface area is 145 Å². The van der Waals surface area contributed by atoms with Crippen LogP contribution in [0.2, 0.25) is 5.02 Å². The Bertz CT molecular complexity index is 999. The molecule has 1 aromatic carbocycles. The van der Waals surface area contributed by atoms with Crippen LogP contribution in [0.25, 0.3) is 11.3 Å². The summed E-state index contributed by atoms with van der Waals surface area (Å²) in [5, 5.41) is 4.71. The summed E-state index contributed by atoms with van der Waals surface area (Å²) in [5.41, 5.74) is 2.27. The molecule has 124 valence electrons. The van der Waals surface area contributed by atoms with Gasteiger partial charge in [-0.25, -0.2) is 12.4 Å². The Hall–Kier alpha value is -2.05. The van der Waals surface area contributed by atoms with Crippen LogP contribution >= 0.6 is 11.6 Å². The van der Waals surface area contributed by atoms with Crippen molar-refractivity contribution >= 4 is 21.6 Å². The SMILES string of the molecule is Cc1ccc(S(=O)(=O)n2cc(Cl)cc2-c2cnn(C3CC3)c2)cc1. The van der Waals surface area contributed by atoms with Crippen LogP contribution in [0.1, 0.15) is 24.4 Å². The normalized spacial score (nSPS) is 14.9. The highest BCUT2D eigenvalue weighted by molar-refractivity contribution is 7.90. The van der Waals surface area contributed by atoms with E-state index in [9.17, 15) is 8.42 Å². The molecule has 1 aliphatic rings. The van der Waals surface area contributed by atoms with E-state index in [1.54, 1.807) is 36.5 Å². The van der Waals surface area contributed by atoms with Crippen molar-refractivity contribution in [1.29, 1.82) is 0 Å². The molecule has 4 rings (SSSR count). The first kappa shape index (κ1) is 15.5. The number of hydrogen-bond acceptors (Lipinski definition) is 3. The van der Waals surface area contributed by atoms with Crippen molar-refractivity contribution in [3.8, 4) is 11.3 Å². The molecule has 1 saturated carbocycles. The van der Waals surface area contributed by atoms with Gasteiger partial charge in [0.15, 0.2) is 0 Å². The van der Waals surface area contributed by atoms with Gasteiger partial charge in [0.05, 0.1) is 27.9 Å². The molecule has 0 amide bonds. The van der Waals surface area contributed by atoms with Gasteiger partial charge in [-0.05, 0) is 38.0 Å². The summed E-state index contributed by atoms with van der Waals surface area (Å²) >= 11 is 6.10. The predicted octanol–water partition coefficient (Wildman–Crippen LogP) is 3.89. The first-order chi connectivity index (χ1) is 11.4. The molecule has 7 heteroatoms. The van der Waals surface area contributed by atoms with E-state index in [0.717, 1.165) is 24.0 Å². The first-order valence-corrected chi connectivity index (χ1v) is 9.51. The average Bonchev–Trinajstić information content (AvgIpc) is 3.14. The van der Waals surface area contributed by atoms with Crippen molar-refractivity contribution in [3.63, 3.8) is 0 Å². The van der Waals surface area contributed by atoms with E-state index in [4.69, 9.17) is 11.6 Å². The molecule has 0 atom stereocenters. The predicted molar refractivity (Wildman–Crippen MR) is 92.7 cm³/mol. The summed E-state index contributed by atoms with van der Waals surface area (Å²) in [6.07, 6.45) is 7.23. The number of rotatable bonds is 4. The van der Waals surface area contributed by atoms with E-state index < -0.39 is 10.0 Å². The third-order valence-electron chi connectivity index (χ3n) is 4.15. The van der Waals surface area contributed by atoms with Gasteiger partial charge in [-0.2, -0.15) is 5.10 Å². The highest BCUT2D eigenvalue weighted by Crippen LogP contribution is 2.36.